The van der Waals surface area contributed by atoms with Gasteiger partial charge in [0.05, 0.1) is 6.61 Å². The number of nitrogens with zero attached hydrogens (tertiary/aromatic N) is 1. The van der Waals surface area contributed by atoms with Crippen molar-refractivity contribution in [2.24, 2.45) is 0 Å². The minimum Gasteiger partial charge on any atom is -0.395 e. The summed E-state index contributed by atoms with van der Waals surface area (Å²) < 4.78 is 0. The Morgan fingerprint density at radius 2 is 1.93 bits per heavy atom. The maximum Gasteiger partial charge on any atom is 0.0558 e. The quantitative estimate of drug-likeness (QED) is 0.549. The topological polar surface area (TPSA) is 35.5 Å². The monoisotopic (exact) mass is 202 g/mol. The van der Waals surface area contributed by atoms with Crippen LogP contribution < -0.4 is 5.32 Å². The Morgan fingerprint density at radius 1 is 1.21 bits per heavy atom. The molecule has 0 aliphatic carbocycles. The van der Waals surface area contributed by atoms with Gasteiger partial charge in [-0.1, -0.05) is 20.8 Å². The summed E-state index contributed by atoms with van der Waals surface area (Å²) in [6.07, 6.45) is 2.33. The van der Waals surface area contributed by atoms with Crippen LogP contribution in [0.3, 0.4) is 0 Å². The van der Waals surface area contributed by atoms with Gasteiger partial charge in [-0.05, 0) is 32.5 Å². The summed E-state index contributed by atoms with van der Waals surface area (Å²) in [5.74, 6) is 0. The molecule has 3 nitrogen and oxygen atoms in total. The summed E-state index contributed by atoms with van der Waals surface area (Å²) in [6, 6.07) is 0.576. The van der Waals surface area contributed by atoms with Gasteiger partial charge in [-0.3, -0.25) is 0 Å². The normalized spacial score (nSPS) is 11.6. The molecule has 0 aliphatic heterocycles. The third kappa shape index (κ3) is 8.48. The maximum absolute atomic E-state index is 8.85. The molecule has 0 aromatic carbocycles. The van der Waals surface area contributed by atoms with Crippen molar-refractivity contribution < 1.29 is 5.11 Å². The first-order valence-electron chi connectivity index (χ1n) is 5.77. The molecule has 3 heteroatoms. The molecule has 0 aromatic rings. The van der Waals surface area contributed by atoms with Gasteiger partial charge in [-0.2, -0.15) is 0 Å². The Labute approximate surface area is 88.5 Å². The van der Waals surface area contributed by atoms with E-state index in [2.05, 4.69) is 31.0 Å². The van der Waals surface area contributed by atoms with E-state index in [1.807, 2.05) is 0 Å². The predicted octanol–water partition coefficient (Wildman–Crippen LogP) is 1.08. The summed E-state index contributed by atoms with van der Waals surface area (Å²) in [5.41, 5.74) is 0. The van der Waals surface area contributed by atoms with Gasteiger partial charge >= 0.3 is 0 Å². The molecule has 0 amide bonds. The fraction of sp³-hybridized carbons (Fsp3) is 1.00. The van der Waals surface area contributed by atoms with Crippen LogP contribution in [0.25, 0.3) is 0 Å². The summed E-state index contributed by atoms with van der Waals surface area (Å²) >= 11 is 0. The fourth-order valence-electron chi connectivity index (χ4n) is 1.49. The number of aliphatic hydroxyl groups excluding tert-OH is 1. The van der Waals surface area contributed by atoms with E-state index in [0.29, 0.717) is 6.04 Å². The van der Waals surface area contributed by atoms with Crippen LogP contribution in [0.2, 0.25) is 0 Å². The molecule has 14 heavy (non-hydrogen) atoms. The van der Waals surface area contributed by atoms with Crippen LogP contribution >= 0.6 is 0 Å². The average Bonchev–Trinajstić information content (AvgIpc) is 2.12. The summed E-state index contributed by atoms with van der Waals surface area (Å²) in [5, 5.41) is 12.2. The fourth-order valence-corrected chi connectivity index (χ4v) is 1.49. The molecule has 0 spiro atoms. The number of aliphatic hydroxyl groups is 1. The van der Waals surface area contributed by atoms with Crippen molar-refractivity contribution >= 4 is 0 Å². The molecule has 0 radical (unpaired) electrons. The molecule has 0 fully saturated rings. The largest absolute Gasteiger partial charge is 0.395 e. The average molecular weight is 202 g/mol. The van der Waals surface area contributed by atoms with Gasteiger partial charge in [-0.15, -0.1) is 0 Å². The van der Waals surface area contributed by atoms with Crippen LogP contribution in [0.15, 0.2) is 0 Å². The van der Waals surface area contributed by atoms with E-state index >= 15 is 0 Å². The second-order valence-corrected chi connectivity index (χ2v) is 4.03. The lowest BCUT2D eigenvalue weighted by atomic mass is 10.3. The highest BCUT2D eigenvalue weighted by atomic mass is 16.3. The van der Waals surface area contributed by atoms with Crippen LogP contribution in [0, 0.1) is 0 Å². The zero-order valence-corrected chi connectivity index (χ0v) is 9.92. The van der Waals surface area contributed by atoms with Gasteiger partial charge in [0.25, 0.3) is 0 Å². The molecular weight excluding hydrogens is 176 g/mol. The van der Waals surface area contributed by atoms with Crippen molar-refractivity contribution in [3.05, 3.63) is 0 Å². The maximum atomic E-state index is 8.85. The van der Waals surface area contributed by atoms with Crippen molar-refractivity contribution in [1.29, 1.82) is 0 Å². The van der Waals surface area contributed by atoms with Crippen molar-refractivity contribution in [2.75, 3.05) is 32.8 Å². The molecular formula is C11H26N2O. The smallest absolute Gasteiger partial charge is 0.0558 e. The van der Waals surface area contributed by atoms with E-state index in [0.717, 1.165) is 39.0 Å². The van der Waals surface area contributed by atoms with Crippen molar-refractivity contribution in [3.63, 3.8) is 0 Å². The zero-order chi connectivity index (χ0) is 10.8. The van der Waals surface area contributed by atoms with Crippen LogP contribution in [-0.4, -0.2) is 48.8 Å². The second-order valence-electron chi connectivity index (χ2n) is 4.03. The van der Waals surface area contributed by atoms with Gasteiger partial charge in [0.15, 0.2) is 0 Å². The van der Waals surface area contributed by atoms with E-state index < -0.39 is 0 Å². The van der Waals surface area contributed by atoms with Crippen molar-refractivity contribution in [1.82, 2.24) is 10.2 Å². The first kappa shape index (κ1) is 13.9. The predicted molar refractivity (Wildman–Crippen MR) is 61.6 cm³/mol. The van der Waals surface area contributed by atoms with Gasteiger partial charge in [0.2, 0.25) is 0 Å². The molecule has 86 valence electrons. The third-order valence-electron chi connectivity index (χ3n) is 2.16. The number of rotatable bonds is 9. The highest BCUT2D eigenvalue weighted by Crippen LogP contribution is 1.93. The summed E-state index contributed by atoms with van der Waals surface area (Å²) in [7, 11) is 0. The molecule has 0 saturated carbocycles. The SMILES string of the molecule is CCCN(CCO)CCCNC(C)C. The summed E-state index contributed by atoms with van der Waals surface area (Å²) in [6.45, 7) is 10.9. The molecule has 2 N–H and O–H groups in total. The second kappa shape index (κ2) is 9.44. The number of hydrogen-bond acceptors (Lipinski definition) is 3. The third-order valence-corrected chi connectivity index (χ3v) is 2.16. The van der Waals surface area contributed by atoms with Crippen LogP contribution in [-0.2, 0) is 0 Å². The van der Waals surface area contributed by atoms with E-state index in [4.69, 9.17) is 5.11 Å². The van der Waals surface area contributed by atoms with E-state index in [9.17, 15) is 0 Å². The Kier molecular flexibility index (Phi) is 9.35. The van der Waals surface area contributed by atoms with Gasteiger partial charge in [0, 0.05) is 12.6 Å². The minimum atomic E-state index is 0.275. The van der Waals surface area contributed by atoms with Crippen molar-refractivity contribution in [2.45, 2.75) is 39.7 Å². The lowest BCUT2D eigenvalue weighted by Crippen LogP contribution is -2.32. The van der Waals surface area contributed by atoms with Gasteiger partial charge in [-0.25, -0.2) is 0 Å². The molecule has 0 unspecified atom stereocenters. The highest BCUT2D eigenvalue weighted by Gasteiger charge is 2.02. The lowest BCUT2D eigenvalue weighted by Gasteiger charge is -2.20. The first-order chi connectivity index (χ1) is 6.70. The molecule has 0 bridgehead atoms. The minimum absolute atomic E-state index is 0.275. The van der Waals surface area contributed by atoms with Gasteiger partial charge < -0.3 is 15.3 Å². The van der Waals surface area contributed by atoms with Crippen molar-refractivity contribution in [3.8, 4) is 0 Å². The van der Waals surface area contributed by atoms with Crippen LogP contribution in [0.5, 0.6) is 0 Å². The standard InChI is InChI=1S/C11H26N2O/c1-4-7-13(9-10-14)8-5-6-12-11(2)3/h11-12,14H,4-10H2,1-3H3. The van der Waals surface area contributed by atoms with E-state index in [1.165, 1.54) is 0 Å². The Balaban J connectivity index is 3.40. The highest BCUT2D eigenvalue weighted by molar-refractivity contribution is 4.59. The molecule has 0 rings (SSSR count). The Bertz CT molecular complexity index is 112. The van der Waals surface area contributed by atoms with Gasteiger partial charge in [0.1, 0.15) is 0 Å². The molecule has 0 aromatic heterocycles. The zero-order valence-electron chi connectivity index (χ0n) is 9.92. The molecule has 0 saturated heterocycles. The van der Waals surface area contributed by atoms with Crippen LogP contribution in [0.1, 0.15) is 33.6 Å². The molecule has 0 aliphatic rings. The summed E-state index contributed by atoms with van der Waals surface area (Å²) in [4.78, 5) is 2.32. The molecule has 0 heterocycles. The molecule has 0 atom stereocenters. The Hall–Kier alpha value is -0.120. The number of nitrogens with one attached hydrogen (secondary N) is 1. The van der Waals surface area contributed by atoms with E-state index in [-0.39, 0.29) is 6.61 Å². The Morgan fingerprint density at radius 3 is 2.43 bits per heavy atom. The van der Waals surface area contributed by atoms with E-state index in [1.54, 1.807) is 0 Å². The lowest BCUT2D eigenvalue weighted by molar-refractivity contribution is 0.194. The first-order valence-corrected chi connectivity index (χ1v) is 5.77. The number of hydrogen-bond donors (Lipinski definition) is 2. The van der Waals surface area contributed by atoms with Crippen LogP contribution in [0.4, 0.5) is 0 Å².